The maximum Gasteiger partial charge on any atom is 0.306 e. The molecule has 0 aliphatic carbocycles. The molecule has 0 atom stereocenters. The summed E-state index contributed by atoms with van der Waals surface area (Å²) in [5, 5.41) is 0. The number of hydrogen-bond acceptors (Lipinski definition) is 4. The van der Waals surface area contributed by atoms with Crippen LogP contribution in [0.5, 0.6) is 0 Å². The molecular weight excluding hydrogens is 328 g/mol. The Morgan fingerprint density at radius 1 is 0.615 bits per heavy atom. The summed E-state index contributed by atoms with van der Waals surface area (Å²) in [6.45, 7) is 7.96. The van der Waals surface area contributed by atoms with E-state index in [-0.39, 0.29) is 11.9 Å². The highest BCUT2D eigenvalue weighted by Crippen LogP contribution is 2.04. The van der Waals surface area contributed by atoms with Crippen LogP contribution in [0.25, 0.3) is 0 Å². The number of esters is 2. The van der Waals surface area contributed by atoms with E-state index < -0.39 is 0 Å². The lowest BCUT2D eigenvalue weighted by atomic mass is 10.2. The third kappa shape index (κ3) is 18.2. The maximum atomic E-state index is 11.5. The Kier molecular flexibility index (Phi) is 17.7. The van der Waals surface area contributed by atoms with Gasteiger partial charge < -0.3 is 9.47 Å². The van der Waals surface area contributed by atoms with Crippen LogP contribution in [0.15, 0.2) is 49.6 Å². The van der Waals surface area contributed by atoms with E-state index in [1.54, 1.807) is 0 Å². The lowest BCUT2D eigenvalue weighted by Crippen LogP contribution is -2.06. The minimum absolute atomic E-state index is 0.225. The molecule has 0 aromatic rings. The number of carbonyl (C=O) groups excluding carboxylic acids is 2. The molecule has 0 amide bonds. The zero-order chi connectivity index (χ0) is 19.3. The lowest BCUT2D eigenvalue weighted by molar-refractivity contribution is -0.144. The Bertz CT molecular complexity index is 407. The highest BCUT2D eigenvalue weighted by Gasteiger charge is 2.05. The SMILES string of the molecule is C=CCCCC=CCOC(=O)CCCCC(=O)OCC=CCCCC=C. The molecule has 4 heteroatoms. The molecule has 0 saturated heterocycles. The fourth-order valence-electron chi connectivity index (χ4n) is 2.10. The van der Waals surface area contributed by atoms with Crippen LogP contribution >= 0.6 is 0 Å². The number of carbonyl (C=O) groups is 2. The quantitative estimate of drug-likeness (QED) is 0.196. The maximum absolute atomic E-state index is 11.5. The lowest BCUT2D eigenvalue weighted by Gasteiger charge is -2.03. The molecular formula is C22H34O4. The van der Waals surface area contributed by atoms with Gasteiger partial charge in [-0.2, -0.15) is 0 Å². The van der Waals surface area contributed by atoms with E-state index >= 15 is 0 Å². The van der Waals surface area contributed by atoms with Gasteiger partial charge in [0.05, 0.1) is 0 Å². The summed E-state index contributed by atoms with van der Waals surface area (Å²) in [6, 6.07) is 0. The van der Waals surface area contributed by atoms with Crippen molar-refractivity contribution in [1.82, 2.24) is 0 Å². The van der Waals surface area contributed by atoms with Crippen LogP contribution in [0.3, 0.4) is 0 Å². The first-order chi connectivity index (χ1) is 12.7. The number of rotatable bonds is 17. The molecule has 0 aliphatic rings. The first-order valence-corrected chi connectivity index (χ1v) is 9.53. The fourth-order valence-corrected chi connectivity index (χ4v) is 2.10. The van der Waals surface area contributed by atoms with E-state index in [0.717, 1.165) is 38.5 Å². The van der Waals surface area contributed by atoms with E-state index in [4.69, 9.17) is 9.47 Å². The molecule has 0 bridgehead atoms. The Morgan fingerprint density at radius 3 is 1.42 bits per heavy atom. The predicted molar refractivity (Wildman–Crippen MR) is 107 cm³/mol. The summed E-state index contributed by atoms with van der Waals surface area (Å²) in [5.74, 6) is -0.451. The first-order valence-electron chi connectivity index (χ1n) is 9.53. The van der Waals surface area contributed by atoms with Crippen LogP contribution < -0.4 is 0 Å². The van der Waals surface area contributed by atoms with Crippen LogP contribution in [0, 0.1) is 0 Å². The van der Waals surface area contributed by atoms with Crippen molar-refractivity contribution in [2.75, 3.05) is 13.2 Å². The molecule has 0 aromatic heterocycles. The molecule has 0 aliphatic heterocycles. The van der Waals surface area contributed by atoms with E-state index in [2.05, 4.69) is 13.2 Å². The average molecular weight is 363 g/mol. The van der Waals surface area contributed by atoms with Gasteiger partial charge in [-0.3, -0.25) is 9.59 Å². The van der Waals surface area contributed by atoms with Gasteiger partial charge in [0, 0.05) is 12.8 Å². The second-order valence-corrected chi connectivity index (χ2v) is 5.96. The van der Waals surface area contributed by atoms with Gasteiger partial charge in [0.15, 0.2) is 0 Å². The van der Waals surface area contributed by atoms with Gasteiger partial charge in [-0.25, -0.2) is 0 Å². The largest absolute Gasteiger partial charge is 0.461 e. The van der Waals surface area contributed by atoms with Gasteiger partial charge >= 0.3 is 11.9 Å². The van der Waals surface area contributed by atoms with Crippen LogP contribution in [-0.2, 0) is 19.1 Å². The van der Waals surface area contributed by atoms with Gasteiger partial charge in [-0.05, 0) is 51.4 Å². The summed E-state index contributed by atoms with van der Waals surface area (Å²) in [4.78, 5) is 23.1. The summed E-state index contributed by atoms with van der Waals surface area (Å²) in [5.41, 5.74) is 0. The fraction of sp³-hybridized carbons (Fsp3) is 0.545. The summed E-state index contributed by atoms with van der Waals surface area (Å²) >= 11 is 0. The second kappa shape index (κ2) is 19.2. The third-order valence-corrected chi connectivity index (χ3v) is 3.58. The van der Waals surface area contributed by atoms with Crippen molar-refractivity contribution < 1.29 is 19.1 Å². The Labute approximate surface area is 158 Å². The normalized spacial score (nSPS) is 10.9. The zero-order valence-corrected chi connectivity index (χ0v) is 16.0. The summed E-state index contributed by atoms with van der Waals surface area (Å²) in [7, 11) is 0. The number of ether oxygens (including phenoxy) is 2. The van der Waals surface area contributed by atoms with Crippen molar-refractivity contribution >= 4 is 11.9 Å². The van der Waals surface area contributed by atoms with Crippen LogP contribution in [0.2, 0.25) is 0 Å². The van der Waals surface area contributed by atoms with Gasteiger partial charge in [0.1, 0.15) is 13.2 Å². The monoisotopic (exact) mass is 362 g/mol. The van der Waals surface area contributed by atoms with Crippen molar-refractivity contribution in [2.45, 2.75) is 64.2 Å². The Balaban J connectivity index is 3.48. The van der Waals surface area contributed by atoms with Crippen molar-refractivity contribution in [3.8, 4) is 0 Å². The molecule has 0 unspecified atom stereocenters. The molecule has 0 spiro atoms. The molecule has 0 saturated carbocycles. The van der Waals surface area contributed by atoms with Crippen LogP contribution in [-0.4, -0.2) is 25.2 Å². The number of hydrogen-bond donors (Lipinski definition) is 0. The molecule has 146 valence electrons. The molecule has 0 N–H and O–H groups in total. The molecule has 0 aromatic carbocycles. The van der Waals surface area contributed by atoms with E-state index in [0.29, 0.717) is 38.9 Å². The molecule has 26 heavy (non-hydrogen) atoms. The smallest absolute Gasteiger partial charge is 0.306 e. The Hall–Kier alpha value is -2.10. The van der Waals surface area contributed by atoms with Crippen molar-refractivity contribution in [3.05, 3.63) is 49.6 Å². The summed E-state index contributed by atoms with van der Waals surface area (Å²) in [6.07, 6.45) is 19.5. The predicted octanol–water partition coefficient (Wildman–Crippen LogP) is 5.46. The minimum Gasteiger partial charge on any atom is -0.461 e. The topological polar surface area (TPSA) is 52.6 Å². The number of allylic oxidation sites excluding steroid dienone is 4. The standard InChI is InChI=1S/C22H34O4/c1-3-5-7-9-11-15-19-25-21(23)17-13-14-18-22(24)26-20-16-12-10-8-6-4-2/h3-4,11-12,15-16H,1-2,5-10,13-14,17-20H2. The molecule has 0 radical (unpaired) electrons. The molecule has 0 heterocycles. The summed E-state index contributed by atoms with van der Waals surface area (Å²) < 4.78 is 10.2. The van der Waals surface area contributed by atoms with Crippen molar-refractivity contribution in [3.63, 3.8) is 0 Å². The highest BCUT2D eigenvalue weighted by molar-refractivity contribution is 5.70. The molecule has 0 rings (SSSR count). The minimum atomic E-state index is -0.225. The highest BCUT2D eigenvalue weighted by atomic mass is 16.5. The van der Waals surface area contributed by atoms with E-state index in [1.807, 2.05) is 36.5 Å². The van der Waals surface area contributed by atoms with Crippen LogP contribution in [0.1, 0.15) is 64.2 Å². The van der Waals surface area contributed by atoms with E-state index in [1.165, 1.54) is 0 Å². The van der Waals surface area contributed by atoms with Crippen LogP contribution in [0.4, 0.5) is 0 Å². The Morgan fingerprint density at radius 2 is 1.04 bits per heavy atom. The van der Waals surface area contributed by atoms with E-state index in [9.17, 15) is 9.59 Å². The molecule has 0 fully saturated rings. The molecule has 4 nitrogen and oxygen atoms in total. The van der Waals surface area contributed by atoms with Gasteiger partial charge in [0.25, 0.3) is 0 Å². The number of unbranched alkanes of at least 4 members (excludes halogenated alkanes) is 5. The second-order valence-electron chi connectivity index (χ2n) is 5.96. The zero-order valence-electron chi connectivity index (χ0n) is 16.0. The van der Waals surface area contributed by atoms with Gasteiger partial charge in [-0.1, -0.05) is 36.5 Å². The third-order valence-electron chi connectivity index (χ3n) is 3.58. The van der Waals surface area contributed by atoms with Crippen molar-refractivity contribution in [1.29, 1.82) is 0 Å². The first kappa shape index (κ1) is 23.9. The van der Waals surface area contributed by atoms with Gasteiger partial charge in [-0.15, -0.1) is 13.2 Å². The van der Waals surface area contributed by atoms with Gasteiger partial charge in [0.2, 0.25) is 0 Å². The van der Waals surface area contributed by atoms with Crippen molar-refractivity contribution in [2.24, 2.45) is 0 Å². The average Bonchev–Trinajstić information content (AvgIpc) is 2.64.